The van der Waals surface area contributed by atoms with Gasteiger partial charge in [0.2, 0.25) is 5.91 Å². The number of carbonyl (C=O) groups is 1. The van der Waals surface area contributed by atoms with Gasteiger partial charge in [-0.1, -0.05) is 0 Å². The molecule has 2 saturated carbocycles. The van der Waals surface area contributed by atoms with Crippen LogP contribution in [0.5, 0.6) is 0 Å². The molecule has 1 aliphatic heterocycles. The summed E-state index contributed by atoms with van der Waals surface area (Å²) in [6.45, 7) is 5.14. The molecule has 4 rings (SSSR count). The van der Waals surface area contributed by atoms with Gasteiger partial charge in [-0.2, -0.15) is 0 Å². The summed E-state index contributed by atoms with van der Waals surface area (Å²) in [5.74, 6) is 1.81. The van der Waals surface area contributed by atoms with Crippen LogP contribution < -0.4 is 0 Å². The lowest BCUT2D eigenvalue weighted by Gasteiger charge is -2.40. The molecular formula is C19H29N3O3. The van der Waals surface area contributed by atoms with Crippen molar-refractivity contribution in [3.05, 3.63) is 17.7 Å². The number of rotatable bonds is 7. The molecule has 1 N–H and O–H groups in total. The Morgan fingerprint density at radius 3 is 2.88 bits per heavy atom. The number of hydrogen-bond acceptors (Lipinski definition) is 4. The summed E-state index contributed by atoms with van der Waals surface area (Å²) in [5, 5.41) is 10.3. The van der Waals surface area contributed by atoms with E-state index in [1.165, 1.54) is 18.5 Å². The van der Waals surface area contributed by atoms with Crippen molar-refractivity contribution in [1.29, 1.82) is 0 Å². The van der Waals surface area contributed by atoms with Gasteiger partial charge in [0, 0.05) is 38.0 Å². The second-order valence-electron chi connectivity index (χ2n) is 8.05. The third-order valence-electron chi connectivity index (χ3n) is 6.01. The van der Waals surface area contributed by atoms with Gasteiger partial charge < -0.3 is 19.3 Å². The quantitative estimate of drug-likeness (QED) is 0.767. The molecule has 138 valence electrons. The highest BCUT2D eigenvalue weighted by molar-refractivity contribution is 5.78. The molecule has 2 heterocycles. The predicted molar refractivity (Wildman–Crippen MR) is 93.0 cm³/mol. The van der Waals surface area contributed by atoms with Crippen molar-refractivity contribution in [3.63, 3.8) is 0 Å². The number of aliphatic hydroxyl groups is 1. The highest BCUT2D eigenvalue weighted by Gasteiger charge is 2.39. The first-order chi connectivity index (χ1) is 12.1. The SMILES string of the molecule is CC1c2ncc(CCOCC3CC3)n2CCN1C(=O)CC1(O)CCC1. The highest BCUT2D eigenvalue weighted by Crippen LogP contribution is 2.36. The number of fused-ring (bicyclic) bond motifs is 1. The normalized spacial score (nSPS) is 24.7. The molecule has 2 fully saturated rings. The van der Waals surface area contributed by atoms with Gasteiger partial charge in [0.25, 0.3) is 0 Å². The van der Waals surface area contributed by atoms with E-state index in [-0.39, 0.29) is 18.4 Å². The van der Waals surface area contributed by atoms with Crippen LogP contribution in [0, 0.1) is 5.92 Å². The maximum absolute atomic E-state index is 12.6. The molecule has 1 aromatic rings. The van der Waals surface area contributed by atoms with Crippen molar-refractivity contribution in [3.8, 4) is 0 Å². The Kier molecular flexibility index (Phi) is 4.58. The van der Waals surface area contributed by atoms with Crippen molar-refractivity contribution in [2.45, 2.75) is 70.1 Å². The molecule has 0 saturated heterocycles. The Balaban J connectivity index is 1.35. The first kappa shape index (κ1) is 17.0. The zero-order valence-corrected chi connectivity index (χ0v) is 15.1. The number of imidazole rings is 1. The van der Waals surface area contributed by atoms with Gasteiger partial charge in [0.15, 0.2) is 0 Å². The second-order valence-corrected chi connectivity index (χ2v) is 8.05. The van der Waals surface area contributed by atoms with E-state index in [1.54, 1.807) is 0 Å². The average molecular weight is 347 g/mol. The minimum absolute atomic E-state index is 0.0361. The van der Waals surface area contributed by atoms with E-state index in [4.69, 9.17) is 4.74 Å². The Hall–Kier alpha value is -1.40. The monoisotopic (exact) mass is 347 g/mol. The standard InChI is InChI=1S/C19H29N3O3/c1-14-18-20-12-16(5-10-25-13-15-3-4-15)22(18)9-8-21(14)17(23)11-19(24)6-2-7-19/h12,14-15,24H,2-11,13H2,1H3. The number of hydrogen-bond donors (Lipinski definition) is 1. The van der Waals surface area contributed by atoms with Crippen molar-refractivity contribution >= 4 is 5.91 Å². The summed E-state index contributed by atoms with van der Waals surface area (Å²) < 4.78 is 7.99. The summed E-state index contributed by atoms with van der Waals surface area (Å²) in [5.41, 5.74) is 0.440. The molecule has 2 aliphatic carbocycles. The van der Waals surface area contributed by atoms with E-state index in [0.717, 1.165) is 57.2 Å². The van der Waals surface area contributed by atoms with Crippen LogP contribution in [0.25, 0.3) is 0 Å². The van der Waals surface area contributed by atoms with Crippen LogP contribution in [-0.2, 0) is 22.5 Å². The van der Waals surface area contributed by atoms with Crippen LogP contribution >= 0.6 is 0 Å². The number of aromatic nitrogens is 2. The molecular weight excluding hydrogens is 318 g/mol. The molecule has 1 aromatic heterocycles. The summed E-state index contributed by atoms with van der Waals surface area (Å²) in [7, 11) is 0. The second kappa shape index (κ2) is 6.72. The van der Waals surface area contributed by atoms with Crippen molar-refractivity contribution in [1.82, 2.24) is 14.5 Å². The van der Waals surface area contributed by atoms with Gasteiger partial charge in [0.05, 0.1) is 24.7 Å². The Morgan fingerprint density at radius 2 is 2.20 bits per heavy atom. The zero-order valence-electron chi connectivity index (χ0n) is 15.1. The molecule has 25 heavy (non-hydrogen) atoms. The predicted octanol–water partition coefficient (Wildman–Crippen LogP) is 2.06. The maximum atomic E-state index is 12.6. The largest absolute Gasteiger partial charge is 0.389 e. The van der Waals surface area contributed by atoms with Gasteiger partial charge in [-0.05, 0) is 44.9 Å². The molecule has 3 aliphatic rings. The van der Waals surface area contributed by atoms with Gasteiger partial charge in [0.1, 0.15) is 5.82 Å². The van der Waals surface area contributed by atoms with Gasteiger partial charge in [-0.25, -0.2) is 4.98 Å². The summed E-state index contributed by atoms with van der Waals surface area (Å²) in [6, 6.07) is -0.0361. The number of ether oxygens (including phenoxy) is 1. The van der Waals surface area contributed by atoms with Crippen LogP contribution in [0.15, 0.2) is 6.20 Å². The van der Waals surface area contributed by atoms with E-state index in [1.807, 2.05) is 18.0 Å². The average Bonchev–Trinajstić information content (AvgIpc) is 3.29. The highest BCUT2D eigenvalue weighted by atomic mass is 16.5. The lowest BCUT2D eigenvalue weighted by Crippen LogP contribution is -2.47. The molecule has 0 bridgehead atoms. The Morgan fingerprint density at radius 1 is 1.40 bits per heavy atom. The lowest BCUT2D eigenvalue weighted by molar-refractivity contribution is -0.143. The number of carbonyl (C=O) groups excluding carboxylic acids is 1. The van der Waals surface area contributed by atoms with E-state index in [0.29, 0.717) is 6.54 Å². The van der Waals surface area contributed by atoms with Crippen LogP contribution in [0.1, 0.15) is 63.0 Å². The van der Waals surface area contributed by atoms with Crippen LogP contribution in [0.4, 0.5) is 0 Å². The number of nitrogens with zero attached hydrogens (tertiary/aromatic N) is 3. The maximum Gasteiger partial charge on any atom is 0.226 e. The van der Waals surface area contributed by atoms with Gasteiger partial charge >= 0.3 is 0 Å². The fraction of sp³-hybridized carbons (Fsp3) is 0.789. The third kappa shape index (κ3) is 3.60. The molecule has 0 spiro atoms. The van der Waals surface area contributed by atoms with Gasteiger partial charge in [-0.15, -0.1) is 0 Å². The van der Waals surface area contributed by atoms with Crippen LogP contribution in [-0.4, -0.2) is 50.8 Å². The van der Waals surface area contributed by atoms with E-state index in [9.17, 15) is 9.90 Å². The van der Waals surface area contributed by atoms with Crippen molar-refractivity contribution < 1.29 is 14.6 Å². The molecule has 1 atom stereocenters. The van der Waals surface area contributed by atoms with Crippen molar-refractivity contribution in [2.24, 2.45) is 5.92 Å². The fourth-order valence-electron chi connectivity index (χ4n) is 3.96. The first-order valence-corrected chi connectivity index (χ1v) is 9.70. The topological polar surface area (TPSA) is 67.6 Å². The summed E-state index contributed by atoms with van der Waals surface area (Å²) in [4.78, 5) is 19.1. The van der Waals surface area contributed by atoms with Crippen LogP contribution in [0.2, 0.25) is 0 Å². The van der Waals surface area contributed by atoms with E-state index >= 15 is 0 Å². The molecule has 0 radical (unpaired) electrons. The molecule has 6 heteroatoms. The molecule has 1 amide bonds. The smallest absolute Gasteiger partial charge is 0.226 e. The summed E-state index contributed by atoms with van der Waals surface area (Å²) >= 11 is 0. The van der Waals surface area contributed by atoms with E-state index < -0.39 is 5.60 Å². The van der Waals surface area contributed by atoms with E-state index in [2.05, 4.69) is 9.55 Å². The minimum atomic E-state index is -0.756. The Bertz CT molecular complexity index is 634. The lowest BCUT2D eigenvalue weighted by atomic mass is 9.77. The van der Waals surface area contributed by atoms with Crippen molar-refractivity contribution in [2.75, 3.05) is 19.8 Å². The molecule has 1 unspecified atom stereocenters. The van der Waals surface area contributed by atoms with Crippen LogP contribution in [0.3, 0.4) is 0 Å². The van der Waals surface area contributed by atoms with Gasteiger partial charge in [-0.3, -0.25) is 4.79 Å². The third-order valence-corrected chi connectivity index (χ3v) is 6.01. The zero-order chi connectivity index (χ0) is 17.4. The molecule has 0 aromatic carbocycles. The summed E-state index contributed by atoms with van der Waals surface area (Å²) in [6.07, 6.45) is 8.22. The number of amides is 1. The minimum Gasteiger partial charge on any atom is -0.389 e. The first-order valence-electron chi connectivity index (χ1n) is 9.70. The molecule has 6 nitrogen and oxygen atoms in total. The Labute approximate surface area is 149 Å². The fourth-order valence-corrected chi connectivity index (χ4v) is 3.96.